The van der Waals surface area contributed by atoms with Crippen molar-refractivity contribution >= 4 is 35.1 Å². The highest BCUT2D eigenvalue weighted by molar-refractivity contribution is 6.42. The van der Waals surface area contributed by atoms with Gasteiger partial charge in [-0.15, -0.1) is 0 Å². The Bertz CT molecular complexity index is 429. The van der Waals surface area contributed by atoms with Crippen molar-refractivity contribution in [2.24, 2.45) is 4.99 Å². The van der Waals surface area contributed by atoms with Gasteiger partial charge in [0.25, 0.3) is 0 Å². The molecule has 0 spiro atoms. The Morgan fingerprint density at radius 1 is 1.29 bits per heavy atom. The van der Waals surface area contributed by atoms with Crippen molar-refractivity contribution in [2.45, 2.75) is 0 Å². The molecular weight excluding hydrogens is 225 g/mol. The highest BCUT2D eigenvalue weighted by Gasteiger charge is 2.18. The molecule has 1 aliphatic heterocycles. The molecule has 1 aromatic rings. The van der Waals surface area contributed by atoms with Gasteiger partial charge in [0.2, 0.25) is 5.90 Å². The summed E-state index contributed by atoms with van der Waals surface area (Å²) >= 11 is 11.5. The summed E-state index contributed by atoms with van der Waals surface area (Å²) in [7, 11) is 0. The SMILES string of the molecule is O=C1CN=C(c2ccc(Cl)c(Cl)c2)O1. The molecule has 3 nitrogen and oxygen atoms in total. The molecule has 0 saturated heterocycles. The van der Waals surface area contributed by atoms with E-state index in [0.29, 0.717) is 21.5 Å². The third-order valence-electron chi connectivity index (χ3n) is 1.73. The largest absolute Gasteiger partial charge is 0.406 e. The summed E-state index contributed by atoms with van der Waals surface area (Å²) in [5.41, 5.74) is 0.658. The highest BCUT2D eigenvalue weighted by atomic mass is 35.5. The number of hydrogen-bond acceptors (Lipinski definition) is 3. The first kappa shape index (κ1) is 9.49. The Morgan fingerprint density at radius 3 is 2.64 bits per heavy atom. The number of aliphatic imine (C=N–C) groups is 1. The quantitative estimate of drug-likeness (QED) is 0.694. The maximum atomic E-state index is 10.8. The van der Waals surface area contributed by atoms with Crippen LogP contribution >= 0.6 is 23.2 Å². The summed E-state index contributed by atoms with van der Waals surface area (Å²) in [5.74, 6) is -0.0559. The summed E-state index contributed by atoms with van der Waals surface area (Å²) < 4.78 is 4.85. The zero-order valence-electron chi connectivity index (χ0n) is 6.96. The molecule has 0 fully saturated rings. The van der Waals surface area contributed by atoms with Crippen LogP contribution in [0.2, 0.25) is 10.0 Å². The molecule has 0 amide bonds. The van der Waals surface area contributed by atoms with Crippen LogP contribution in [0.15, 0.2) is 23.2 Å². The van der Waals surface area contributed by atoms with E-state index in [1.807, 2.05) is 0 Å². The van der Waals surface area contributed by atoms with Gasteiger partial charge in [0.15, 0.2) is 0 Å². The van der Waals surface area contributed by atoms with E-state index in [4.69, 9.17) is 27.9 Å². The van der Waals surface area contributed by atoms with E-state index in [0.717, 1.165) is 0 Å². The number of ether oxygens (including phenoxy) is 1. The molecule has 0 unspecified atom stereocenters. The minimum Gasteiger partial charge on any atom is -0.406 e. The molecule has 0 N–H and O–H groups in total. The minimum absolute atomic E-state index is 0.0651. The second-order valence-corrected chi connectivity index (χ2v) is 3.54. The number of esters is 1. The molecule has 0 atom stereocenters. The van der Waals surface area contributed by atoms with Crippen LogP contribution in [0.4, 0.5) is 0 Å². The fourth-order valence-corrected chi connectivity index (χ4v) is 1.39. The fraction of sp³-hybridized carbons (Fsp3) is 0.111. The van der Waals surface area contributed by atoms with Crippen LogP contribution in [0.3, 0.4) is 0 Å². The van der Waals surface area contributed by atoms with Crippen molar-refractivity contribution < 1.29 is 9.53 Å². The molecule has 1 aliphatic rings. The molecule has 1 aromatic carbocycles. The van der Waals surface area contributed by atoms with Crippen molar-refractivity contribution in [3.8, 4) is 0 Å². The number of nitrogens with zero attached hydrogens (tertiary/aromatic N) is 1. The van der Waals surface area contributed by atoms with Crippen LogP contribution in [0.1, 0.15) is 5.56 Å². The minimum atomic E-state index is -0.355. The van der Waals surface area contributed by atoms with E-state index in [9.17, 15) is 4.79 Å². The first-order chi connectivity index (χ1) is 6.66. The van der Waals surface area contributed by atoms with Crippen molar-refractivity contribution in [1.82, 2.24) is 0 Å². The van der Waals surface area contributed by atoms with E-state index < -0.39 is 0 Å². The van der Waals surface area contributed by atoms with E-state index in [1.165, 1.54) is 0 Å². The van der Waals surface area contributed by atoms with Crippen molar-refractivity contribution in [1.29, 1.82) is 0 Å². The van der Waals surface area contributed by atoms with Crippen LogP contribution in [0.5, 0.6) is 0 Å². The maximum absolute atomic E-state index is 10.8. The van der Waals surface area contributed by atoms with Gasteiger partial charge in [-0.2, -0.15) is 0 Å². The van der Waals surface area contributed by atoms with Crippen LogP contribution in [0.25, 0.3) is 0 Å². The van der Waals surface area contributed by atoms with E-state index in [1.54, 1.807) is 18.2 Å². The lowest BCUT2D eigenvalue weighted by Gasteiger charge is -2.01. The summed E-state index contributed by atoms with van der Waals surface area (Å²) in [6.45, 7) is 0.0651. The predicted octanol–water partition coefficient (Wildman–Crippen LogP) is 2.30. The van der Waals surface area contributed by atoms with Gasteiger partial charge >= 0.3 is 5.97 Å². The smallest absolute Gasteiger partial charge is 0.334 e. The average Bonchev–Trinajstić information content (AvgIpc) is 2.57. The topological polar surface area (TPSA) is 38.7 Å². The summed E-state index contributed by atoms with van der Waals surface area (Å²) in [6, 6.07) is 4.95. The lowest BCUT2D eigenvalue weighted by molar-refractivity contribution is -0.132. The lowest BCUT2D eigenvalue weighted by atomic mass is 10.2. The Hall–Kier alpha value is -1.06. The average molecular weight is 230 g/mol. The van der Waals surface area contributed by atoms with E-state index in [-0.39, 0.29) is 12.5 Å². The second kappa shape index (κ2) is 3.59. The maximum Gasteiger partial charge on any atom is 0.334 e. The summed E-state index contributed by atoms with van der Waals surface area (Å²) in [6.07, 6.45) is 0. The Kier molecular flexibility index (Phi) is 2.44. The molecule has 0 saturated carbocycles. The first-order valence-corrected chi connectivity index (χ1v) is 4.63. The van der Waals surface area contributed by atoms with Crippen LogP contribution in [-0.2, 0) is 9.53 Å². The Labute approximate surface area is 90.3 Å². The van der Waals surface area contributed by atoms with Gasteiger partial charge in [-0.1, -0.05) is 23.2 Å². The number of benzene rings is 1. The second-order valence-electron chi connectivity index (χ2n) is 2.72. The molecule has 0 aromatic heterocycles. The molecular formula is C9H5Cl2NO2. The van der Waals surface area contributed by atoms with Crippen LogP contribution in [-0.4, -0.2) is 18.4 Å². The molecule has 0 radical (unpaired) electrons. The highest BCUT2D eigenvalue weighted by Crippen LogP contribution is 2.23. The number of carbonyl (C=O) groups is 1. The molecule has 5 heteroatoms. The molecule has 0 aliphatic carbocycles. The molecule has 2 rings (SSSR count). The van der Waals surface area contributed by atoms with Crippen LogP contribution in [0, 0.1) is 0 Å². The van der Waals surface area contributed by atoms with Gasteiger partial charge in [0.1, 0.15) is 6.54 Å². The third kappa shape index (κ3) is 1.74. The van der Waals surface area contributed by atoms with Gasteiger partial charge in [0, 0.05) is 5.56 Å². The van der Waals surface area contributed by atoms with Crippen LogP contribution < -0.4 is 0 Å². The zero-order valence-corrected chi connectivity index (χ0v) is 8.47. The van der Waals surface area contributed by atoms with Gasteiger partial charge in [-0.05, 0) is 18.2 Å². The summed E-state index contributed by atoms with van der Waals surface area (Å²) in [5, 5.41) is 0.871. The van der Waals surface area contributed by atoms with E-state index in [2.05, 4.69) is 4.99 Å². The number of cyclic esters (lactones) is 1. The zero-order chi connectivity index (χ0) is 10.1. The predicted molar refractivity (Wildman–Crippen MR) is 54.0 cm³/mol. The molecule has 14 heavy (non-hydrogen) atoms. The van der Waals surface area contributed by atoms with Gasteiger partial charge in [-0.25, -0.2) is 9.79 Å². The summed E-state index contributed by atoms with van der Waals surface area (Å²) in [4.78, 5) is 14.7. The number of rotatable bonds is 1. The van der Waals surface area contributed by atoms with Gasteiger partial charge in [-0.3, -0.25) is 0 Å². The first-order valence-electron chi connectivity index (χ1n) is 3.87. The lowest BCUT2D eigenvalue weighted by Crippen LogP contribution is -2.05. The molecule has 1 heterocycles. The number of halogens is 2. The third-order valence-corrected chi connectivity index (χ3v) is 2.47. The number of carbonyl (C=O) groups excluding carboxylic acids is 1. The number of hydrogen-bond donors (Lipinski definition) is 0. The fourth-order valence-electron chi connectivity index (χ4n) is 1.09. The van der Waals surface area contributed by atoms with Crippen molar-refractivity contribution in [2.75, 3.05) is 6.54 Å². The van der Waals surface area contributed by atoms with Gasteiger partial charge in [0.05, 0.1) is 10.0 Å². The standard InChI is InChI=1S/C9H5Cl2NO2/c10-6-2-1-5(3-7(6)11)9-12-4-8(13)14-9/h1-3H,4H2. The van der Waals surface area contributed by atoms with Crippen molar-refractivity contribution in [3.05, 3.63) is 33.8 Å². The Balaban J connectivity index is 2.34. The van der Waals surface area contributed by atoms with E-state index >= 15 is 0 Å². The van der Waals surface area contributed by atoms with Crippen molar-refractivity contribution in [3.63, 3.8) is 0 Å². The normalized spacial score (nSPS) is 15.3. The monoisotopic (exact) mass is 229 g/mol. The van der Waals surface area contributed by atoms with Gasteiger partial charge < -0.3 is 4.74 Å². The molecule has 72 valence electrons. The Morgan fingerprint density at radius 2 is 2.07 bits per heavy atom. The molecule has 0 bridgehead atoms.